The van der Waals surface area contributed by atoms with E-state index in [4.69, 9.17) is 4.74 Å². The molecule has 0 spiro atoms. The summed E-state index contributed by atoms with van der Waals surface area (Å²) >= 11 is 0. The highest BCUT2D eigenvalue weighted by molar-refractivity contribution is 14.0. The maximum absolute atomic E-state index is 13.6. The number of halogens is 2. The summed E-state index contributed by atoms with van der Waals surface area (Å²) in [6.07, 6.45) is 2.73. The number of rotatable bonds is 7. The molecule has 142 valence electrons. The van der Waals surface area contributed by atoms with E-state index in [0.29, 0.717) is 37.1 Å². The van der Waals surface area contributed by atoms with Gasteiger partial charge in [0.1, 0.15) is 5.82 Å². The molecular weight excluding hydrogens is 446 g/mol. The van der Waals surface area contributed by atoms with Crippen LogP contribution in [0.5, 0.6) is 5.88 Å². The number of hydrogen-bond donors (Lipinski definition) is 2. The number of hydrogen-bond acceptors (Lipinski definition) is 3. The average molecular weight is 472 g/mol. The molecule has 0 amide bonds. The molecular formula is C19H26FIN4O. The van der Waals surface area contributed by atoms with Crippen molar-refractivity contribution in [3.05, 3.63) is 59.0 Å². The van der Waals surface area contributed by atoms with E-state index in [0.717, 1.165) is 17.5 Å². The van der Waals surface area contributed by atoms with Gasteiger partial charge in [-0.1, -0.05) is 25.1 Å². The van der Waals surface area contributed by atoms with Crippen molar-refractivity contribution in [2.45, 2.75) is 33.4 Å². The van der Waals surface area contributed by atoms with Gasteiger partial charge in [-0.25, -0.2) is 9.37 Å². The number of ether oxygens (including phenoxy) is 1. The highest BCUT2D eigenvalue weighted by Gasteiger charge is 2.03. The van der Waals surface area contributed by atoms with Gasteiger partial charge in [0.15, 0.2) is 5.96 Å². The van der Waals surface area contributed by atoms with Crippen LogP contribution >= 0.6 is 24.0 Å². The first kappa shape index (κ1) is 22.1. The molecule has 0 fully saturated rings. The summed E-state index contributed by atoms with van der Waals surface area (Å²) in [5.41, 5.74) is 2.53. The Bertz CT molecular complexity index is 707. The van der Waals surface area contributed by atoms with E-state index in [2.05, 4.69) is 27.5 Å². The molecule has 1 heterocycles. The Labute approximate surface area is 171 Å². The number of nitrogens with zero attached hydrogens (tertiary/aromatic N) is 2. The third kappa shape index (κ3) is 7.15. The van der Waals surface area contributed by atoms with Crippen LogP contribution in [0.4, 0.5) is 4.39 Å². The van der Waals surface area contributed by atoms with Gasteiger partial charge in [0, 0.05) is 32.4 Å². The van der Waals surface area contributed by atoms with Gasteiger partial charge in [0.25, 0.3) is 0 Å². The molecule has 0 saturated heterocycles. The zero-order valence-electron chi connectivity index (χ0n) is 15.4. The number of guanidine groups is 1. The lowest BCUT2D eigenvalue weighted by molar-refractivity contribution is 0.305. The monoisotopic (exact) mass is 472 g/mol. The molecule has 2 aromatic rings. The molecule has 2 rings (SSSR count). The first-order valence-electron chi connectivity index (χ1n) is 8.39. The van der Waals surface area contributed by atoms with E-state index in [-0.39, 0.29) is 29.8 Å². The second kappa shape index (κ2) is 11.7. The predicted molar refractivity (Wildman–Crippen MR) is 114 cm³/mol. The summed E-state index contributed by atoms with van der Waals surface area (Å²) in [5.74, 6) is 1.08. The Morgan fingerprint density at radius 3 is 2.42 bits per heavy atom. The maximum Gasteiger partial charge on any atom is 0.213 e. The molecule has 2 N–H and O–H groups in total. The Balaban J connectivity index is 0.00000338. The fourth-order valence-corrected chi connectivity index (χ4v) is 2.15. The molecule has 26 heavy (non-hydrogen) atoms. The molecule has 7 heteroatoms. The Morgan fingerprint density at radius 2 is 1.85 bits per heavy atom. The average Bonchev–Trinajstić information content (AvgIpc) is 2.64. The minimum atomic E-state index is -0.196. The lowest BCUT2D eigenvalue weighted by Crippen LogP contribution is -2.36. The van der Waals surface area contributed by atoms with Gasteiger partial charge in [-0.2, -0.15) is 0 Å². The van der Waals surface area contributed by atoms with E-state index in [1.807, 2.05) is 18.2 Å². The topological polar surface area (TPSA) is 58.5 Å². The molecule has 0 bridgehead atoms. The molecule has 0 aliphatic heterocycles. The smallest absolute Gasteiger partial charge is 0.213 e. The third-order valence-electron chi connectivity index (χ3n) is 3.63. The van der Waals surface area contributed by atoms with E-state index in [9.17, 15) is 4.39 Å². The van der Waals surface area contributed by atoms with Crippen LogP contribution in [0.25, 0.3) is 0 Å². The normalized spacial score (nSPS) is 10.8. The van der Waals surface area contributed by atoms with E-state index >= 15 is 0 Å². The number of benzene rings is 1. The van der Waals surface area contributed by atoms with Crippen LogP contribution in [0.15, 0.2) is 41.5 Å². The second-order valence-electron chi connectivity index (χ2n) is 5.72. The minimum Gasteiger partial charge on any atom is -0.478 e. The molecule has 1 aromatic carbocycles. The van der Waals surface area contributed by atoms with Crippen molar-refractivity contribution in [1.29, 1.82) is 0 Å². The summed E-state index contributed by atoms with van der Waals surface area (Å²) in [7, 11) is 1.70. The summed E-state index contributed by atoms with van der Waals surface area (Å²) in [4.78, 5) is 8.44. The van der Waals surface area contributed by atoms with Crippen LogP contribution in [-0.4, -0.2) is 24.6 Å². The van der Waals surface area contributed by atoms with Crippen LogP contribution < -0.4 is 15.4 Å². The largest absolute Gasteiger partial charge is 0.478 e. The number of aromatic nitrogens is 1. The molecule has 0 aliphatic rings. The van der Waals surface area contributed by atoms with Crippen molar-refractivity contribution < 1.29 is 9.13 Å². The van der Waals surface area contributed by atoms with E-state index in [1.165, 1.54) is 6.07 Å². The second-order valence-corrected chi connectivity index (χ2v) is 5.72. The number of pyridine rings is 1. The van der Waals surface area contributed by atoms with Crippen LogP contribution in [0.2, 0.25) is 0 Å². The van der Waals surface area contributed by atoms with Crippen LogP contribution in [-0.2, 0) is 13.1 Å². The molecule has 0 atom stereocenters. The highest BCUT2D eigenvalue weighted by Crippen LogP contribution is 2.09. The molecule has 5 nitrogen and oxygen atoms in total. The van der Waals surface area contributed by atoms with Gasteiger partial charge < -0.3 is 15.4 Å². The fourth-order valence-electron chi connectivity index (χ4n) is 2.15. The third-order valence-corrected chi connectivity index (χ3v) is 3.63. The van der Waals surface area contributed by atoms with Gasteiger partial charge in [0.2, 0.25) is 5.88 Å². The lowest BCUT2D eigenvalue weighted by atomic mass is 10.1. The van der Waals surface area contributed by atoms with Crippen molar-refractivity contribution in [3.8, 4) is 5.88 Å². The Kier molecular flexibility index (Phi) is 9.93. The lowest BCUT2D eigenvalue weighted by Gasteiger charge is -2.12. The van der Waals surface area contributed by atoms with E-state index in [1.54, 1.807) is 26.2 Å². The summed E-state index contributed by atoms with van der Waals surface area (Å²) < 4.78 is 19.0. The van der Waals surface area contributed by atoms with Crippen molar-refractivity contribution in [1.82, 2.24) is 15.6 Å². The van der Waals surface area contributed by atoms with Crippen molar-refractivity contribution >= 4 is 29.9 Å². The molecule has 0 saturated carbocycles. The quantitative estimate of drug-likeness (QED) is 0.366. The maximum atomic E-state index is 13.6. The Hall–Kier alpha value is -1.90. The zero-order chi connectivity index (χ0) is 18.1. The summed E-state index contributed by atoms with van der Waals surface area (Å²) in [6.45, 7) is 5.56. The van der Waals surface area contributed by atoms with Crippen molar-refractivity contribution in [3.63, 3.8) is 0 Å². The van der Waals surface area contributed by atoms with Gasteiger partial charge in [-0.05, 0) is 36.1 Å². The van der Waals surface area contributed by atoms with Gasteiger partial charge in [-0.15, -0.1) is 24.0 Å². The van der Waals surface area contributed by atoms with Gasteiger partial charge >= 0.3 is 0 Å². The molecule has 0 radical (unpaired) electrons. The fraction of sp³-hybridized carbons (Fsp3) is 0.368. The van der Waals surface area contributed by atoms with Crippen LogP contribution in [0.3, 0.4) is 0 Å². The van der Waals surface area contributed by atoms with Crippen LogP contribution in [0.1, 0.15) is 30.0 Å². The first-order chi connectivity index (χ1) is 12.1. The minimum absolute atomic E-state index is 0. The molecule has 0 aliphatic carbocycles. The Morgan fingerprint density at radius 1 is 1.15 bits per heavy atom. The van der Waals surface area contributed by atoms with Crippen molar-refractivity contribution in [2.75, 3.05) is 13.7 Å². The number of nitrogens with one attached hydrogen (secondary N) is 2. The highest BCUT2D eigenvalue weighted by atomic mass is 127. The summed E-state index contributed by atoms with van der Waals surface area (Å²) in [6, 6.07) is 9.04. The van der Waals surface area contributed by atoms with E-state index < -0.39 is 0 Å². The SMILES string of the molecule is CCCOc1ccc(CNC(=NC)NCc2ccc(C)c(F)c2)cn1.I. The first-order valence-corrected chi connectivity index (χ1v) is 8.39. The van der Waals surface area contributed by atoms with Crippen molar-refractivity contribution in [2.24, 2.45) is 4.99 Å². The predicted octanol–water partition coefficient (Wildman–Crippen LogP) is 3.80. The van der Waals surface area contributed by atoms with Gasteiger partial charge in [-0.3, -0.25) is 4.99 Å². The number of aryl methyl sites for hydroxylation is 1. The van der Waals surface area contributed by atoms with Crippen LogP contribution in [0, 0.1) is 12.7 Å². The zero-order valence-corrected chi connectivity index (χ0v) is 17.7. The number of aliphatic imine (C=N–C) groups is 1. The summed E-state index contributed by atoms with van der Waals surface area (Å²) in [5, 5.41) is 6.38. The molecule has 0 unspecified atom stereocenters. The standard InChI is InChI=1S/C19H25FN4O.HI/c1-4-9-25-18-8-7-16(12-22-18)13-24-19(21-3)23-11-15-6-5-14(2)17(20)10-15;/h5-8,10,12H,4,9,11,13H2,1-3H3,(H2,21,23,24);1H. The molecule has 1 aromatic heterocycles. The van der Waals surface area contributed by atoms with Gasteiger partial charge in [0.05, 0.1) is 6.61 Å².